The molecule has 0 bridgehead atoms. The quantitative estimate of drug-likeness (QED) is 0.650. The lowest BCUT2D eigenvalue weighted by atomic mass is 10.3. The topological polar surface area (TPSA) is 24.9 Å². The molecule has 1 fully saturated rings. The first-order valence-electron chi connectivity index (χ1n) is 5.75. The molecule has 0 aromatic rings. The van der Waals surface area contributed by atoms with Gasteiger partial charge in [0.2, 0.25) is 0 Å². The third-order valence-electron chi connectivity index (χ3n) is 2.57. The van der Waals surface area contributed by atoms with E-state index in [2.05, 4.69) is 30.9 Å². The van der Waals surface area contributed by atoms with Gasteiger partial charge in [-0.05, 0) is 27.6 Å². The summed E-state index contributed by atoms with van der Waals surface area (Å²) in [7, 11) is 6.34. The van der Waals surface area contributed by atoms with Crippen LogP contribution in [0.5, 0.6) is 0 Å². The highest BCUT2D eigenvalue weighted by Crippen LogP contribution is 2.08. The van der Waals surface area contributed by atoms with Crippen LogP contribution in [0.15, 0.2) is 0 Å². The molecule has 0 amide bonds. The Labute approximate surface area is 93.1 Å². The van der Waals surface area contributed by atoms with Crippen molar-refractivity contribution in [1.29, 1.82) is 0 Å². The van der Waals surface area contributed by atoms with Gasteiger partial charge < -0.3 is 19.3 Å². The third-order valence-corrected chi connectivity index (χ3v) is 2.57. The summed E-state index contributed by atoms with van der Waals surface area (Å²) >= 11 is 0. The third kappa shape index (κ3) is 6.10. The Morgan fingerprint density at radius 2 is 1.67 bits per heavy atom. The molecule has 15 heavy (non-hydrogen) atoms. The van der Waals surface area contributed by atoms with Crippen LogP contribution in [-0.4, -0.2) is 70.1 Å². The smallest absolute Gasteiger partial charge is 0.158 e. The zero-order valence-corrected chi connectivity index (χ0v) is 10.2. The first-order chi connectivity index (χ1) is 7.18. The monoisotopic (exact) mass is 216 g/mol. The predicted octanol–water partition coefficient (Wildman–Crippen LogP) is 0.633. The second kappa shape index (κ2) is 7.17. The van der Waals surface area contributed by atoms with Crippen molar-refractivity contribution in [2.75, 3.05) is 54.0 Å². The average Bonchev–Trinajstić information content (AvgIpc) is 2.25. The first kappa shape index (κ1) is 12.9. The molecule has 1 aliphatic heterocycles. The van der Waals surface area contributed by atoms with Crippen molar-refractivity contribution in [1.82, 2.24) is 9.80 Å². The number of hydrogen-bond acceptors (Lipinski definition) is 4. The second-order valence-electron chi connectivity index (χ2n) is 4.42. The molecule has 1 rings (SSSR count). The van der Waals surface area contributed by atoms with Gasteiger partial charge in [-0.25, -0.2) is 0 Å². The van der Waals surface area contributed by atoms with E-state index in [1.54, 1.807) is 0 Å². The molecule has 0 atom stereocenters. The van der Waals surface area contributed by atoms with Crippen molar-refractivity contribution < 1.29 is 9.47 Å². The fourth-order valence-electron chi connectivity index (χ4n) is 1.51. The van der Waals surface area contributed by atoms with Gasteiger partial charge in [0.15, 0.2) is 6.29 Å². The molecule has 1 saturated heterocycles. The Morgan fingerprint density at radius 3 is 2.27 bits per heavy atom. The van der Waals surface area contributed by atoms with Gasteiger partial charge >= 0.3 is 0 Å². The van der Waals surface area contributed by atoms with E-state index in [9.17, 15) is 0 Å². The van der Waals surface area contributed by atoms with Crippen molar-refractivity contribution in [2.45, 2.75) is 19.1 Å². The number of hydrogen-bond donors (Lipinski definition) is 0. The normalized spacial score (nSPS) is 19.0. The van der Waals surface area contributed by atoms with Crippen LogP contribution >= 0.6 is 0 Å². The first-order valence-corrected chi connectivity index (χ1v) is 5.75. The van der Waals surface area contributed by atoms with Crippen molar-refractivity contribution in [3.8, 4) is 0 Å². The highest BCUT2D eigenvalue weighted by atomic mass is 16.7. The zero-order valence-electron chi connectivity index (χ0n) is 10.2. The molecule has 0 spiro atoms. The molecule has 1 aliphatic rings. The largest absolute Gasteiger partial charge is 0.353 e. The number of nitrogens with zero attached hydrogens (tertiary/aromatic N) is 2. The highest BCUT2D eigenvalue weighted by molar-refractivity contribution is 4.58. The molecule has 0 aromatic carbocycles. The van der Waals surface area contributed by atoms with Crippen LogP contribution in [-0.2, 0) is 9.47 Å². The summed E-state index contributed by atoms with van der Waals surface area (Å²) in [5.41, 5.74) is 0. The molecule has 0 aliphatic carbocycles. The molecule has 0 saturated carbocycles. The minimum absolute atomic E-state index is 0.0283. The molecule has 0 N–H and O–H groups in total. The molecular formula is C11H24N2O2. The Kier molecular flexibility index (Phi) is 6.17. The van der Waals surface area contributed by atoms with Crippen molar-refractivity contribution in [3.63, 3.8) is 0 Å². The Balaban J connectivity index is 2.02. The molecule has 0 radical (unpaired) electrons. The molecule has 90 valence electrons. The summed E-state index contributed by atoms with van der Waals surface area (Å²) in [6, 6.07) is 0. The highest BCUT2D eigenvalue weighted by Gasteiger charge is 2.14. The Morgan fingerprint density at radius 1 is 1.00 bits per heavy atom. The summed E-state index contributed by atoms with van der Waals surface area (Å²) < 4.78 is 11.0. The number of rotatable bonds is 6. The summed E-state index contributed by atoms with van der Waals surface area (Å²) in [4.78, 5) is 4.52. The van der Waals surface area contributed by atoms with E-state index in [-0.39, 0.29) is 6.29 Å². The second-order valence-corrected chi connectivity index (χ2v) is 4.42. The maximum Gasteiger partial charge on any atom is 0.158 e. The summed E-state index contributed by atoms with van der Waals surface area (Å²) in [5, 5.41) is 0. The van der Waals surface area contributed by atoms with E-state index in [4.69, 9.17) is 9.47 Å². The number of ether oxygens (including phenoxy) is 2. The fourth-order valence-corrected chi connectivity index (χ4v) is 1.51. The van der Waals surface area contributed by atoms with Crippen molar-refractivity contribution in [2.24, 2.45) is 0 Å². The van der Waals surface area contributed by atoms with Gasteiger partial charge in [0.05, 0.1) is 13.2 Å². The molecule has 4 nitrogen and oxygen atoms in total. The van der Waals surface area contributed by atoms with E-state index in [0.717, 1.165) is 45.7 Å². The van der Waals surface area contributed by atoms with Gasteiger partial charge in [-0.3, -0.25) is 0 Å². The SMILES string of the molecule is CN(C)CCN(C)CCC1OCCCO1. The Hall–Kier alpha value is -0.160. The summed E-state index contributed by atoms with van der Waals surface area (Å²) in [5.74, 6) is 0. The lowest BCUT2D eigenvalue weighted by Gasteiger charge is -2.26. The predicted molar refractivity (Wildman–Crippen MR) is 61.0 cm³/mol. The zero-order chi connectivity index (χ0) is 11.1. The average molecular weight is 216 g/mol. The number of likely N-dealkylation sites (N-methyl/N-ethyl adjacent to an activating group) is 2. The van der Waals surface area contributed by atoms with Crippen LogP contribution in [0.2, 0.25) is 0 Å². The maximum absolute atomic E-state index is 5.49. The van der Waals surface area contributed by atoms with Gasteiger partial charge in [-0.2, -0.15) is 0 Å². The fraction of sp³-hybridized carbons (Fsp3) is 1.00. The van der Waals surface area contributed by atoms with Crippen LogP contribution in [0.25, 0.3) is 0 Å². The lowest BCUT2D eigenvalue weighted by molar-refractivity contribution is -0.182. The van der Waals surface area contributed by atoms with Crippen LogP contribution in [0, 0.1) is 0 Å². The van der Waals surface area contributed by atoms with Crippen molar-refractivity contribution in [3.05, 3.63) is 0 Å². The van der Waals surface area contributed by atoms with E-state index in [0.29, 0.717) is 0 Å². The molecule has 0 unspecified atom stereocenters. The minimum Gasteiger partial charge on any atom is -0.353 e. The van der Waals surface area contributed by atoms with E-state index in [1.807, 2.05) is 0 Å². The molecular weight excluding hydrogens is 192 g/mol. The van der Waals surface area contributed by atoms with Crippen LogP contribution in [0.1, 0.15) is 12.8 Å². The molecule has 4 heteroatoms. The standard InChI is InChI=1S/C11H24N2O2/c1-12(2)7-8-13(3)6-5-11-14-9-4-10-15-11/h11H,4-10H2,1-3H3. The van der Waals surface area contributed by atoms with Gasteiger partial charge in [-0.15, -0.1) is 0 Å². The minimum atomic E-state index is 0.0283. The maximum atomic E-state index is 5.49. The summed E-state index contributed by atoms with van der Waals surface area (Å²) in [6.07, 6.45) is 2.04. The van der Waals surface area contributed by atoms with Crippen LogP contribution < -0.4 is 0 Å². The van der Waals surface area contributed by atoms with Gasteiger partial charge in [0, 0.05) is 26.1 Å². The van der Waals surface area contributed by atoms with Crippen molar-refractivity contribution >= 4 is 0 Å². The van der Waals surface area contributed by atoms with E-state index in [1.165, 1.54) is 0 Å². The van der Waals surface area contributed by atoms with Gasteiger partial charge in [-0.1, -0.05) is 0 Å². The van der Waals surface area contributed by atoms with Crippen LogP contribution in [0.4, 0.5) is 0 Å². The molecule has 1 heterocycles. The van der Waals surface area contributed by atoms with Gasteiger partial charge in [0.1, 0.15) is 0 Å². The molecule has 0 aromatic heterocycles. The Bertz CT molecular complexity index is 159. The summed E-state index contributed by atoms with van der Waals surface area (Å²) in [6.45, 7) is 4.94. The van der Waals surface area contributed by atoms with Crippen LogP contribution in [0.3, 0.4) is 0 Å². The van der Waals surface area contributed by atoms with Gasteiger partial charge in [0.25, 0.3) is 0 Å². The van der Waals surface area contributed by atoms with E-state index >= 15 is 0 Å². The lowest BCUT2D eigenvalue weighted by Crippen LogP contribution is -2.33. The van der Waals surface area contributed by atoms with E-state index < -0.39 is 0 Å².